The summed E-state index contributed by atoms with van der Waals surface area (Å²) in [5.74, 6) is 0.217. The van der Waals surface area contributed by atoms with Crippen molar-refractivity contribution in [2.45, 2.75) is 0 Å². The molecule has 0 radical (unpaired) electrons. The summed E-state index contributed by atoms with van der Waals surface area (Å²) in [5, 5.41) is 0. The van der Waals surface area contributed by atoms with Crippen molar-refractivity contribution in [1.29, 1.82) is 0 Å². The maximum Gasteiger partial charge on any atom is 0.378 e. The monoisotopic (exact) mass is 170 g/mol. The predicted octanol–water partition coefficient (Wildman–Crippen LogP) is 0.665. The zero-order chi connectivity index (χ0) is 8.81. The van der Waals surface area contributed by atoms with Crippen molar-refractivity contribution in [1.82, 2.24) is 0 Å². The van der Waals surface area contributed by atoms with E-state index in [9.17, 15) is 4.79 Å². The highest BCUT2D eigenvalue weighted by molar-refractivity contribution is 5.13. The zero-order valence-electron chi connectivity index (χ0n) is 6.78. The second-order valence-electron chi connectivity index (χ2n) is 2.11. The first-order chi connectivity index (χ1) is 5.84. The highest BCUT2D eigenvalue weighted by atomic mass is 16.5. The quantitative estimate of drug-likeness (QED) is 0.623. The van der Waals surface area contributed by atoms with E-state index in [4.69, 9.17) is 9.47 Å². The minimum absolute atomic E-state index is 0.217. The van der Waals surface area contributed by atoms with Gasteiger partial charge in [0, 0.05) is 7.11 Å². The third kappa shape index (κ3) is 2.39. The van der Waals surface area contributed by atoms with Crippen molar-refractivity contribution in [3.05, 3.63) is 28.8 Å². The molecule has 1 aromatic heterocycles. The Balaban J connectivity index is 2.52. The smallest absolute Gasteiger partial charge is 0.378 e. The molecule has 1 aromatic rings. The van der Waals surface area contributed by atoms with E-state index < -0.39 is 5.63 Å². The number of hydrogen-bond donors (Lipinski definition) is 0. The Morgan fingerprint density at radius 1 is 1.50 bits per heavy atom. The van der Waals surface area contributed by atoms with Crippen LogP contribution in [0.15, 0.2) is 27.6 Å². The maximum atomic E-state index is 10.9. The van der Waals surface area contributed by atoms with Crippen molar-refractivity contribution in [3.8, 4) is 5.75 Å². The summed E-state index contributed by atoms with van der Waals surface area (Å²) in [5.41, 5.74) is -0.464. The van der Waals surface area contributed by atoms with Gasteiger partial charge in [0.1, 0.15) is 6.61 Å². The fraction of sp³-hybridized carbons (Fsp3) is 0.375. The lowest BCUT2D eigenvalue weighted by Gasteiger charge is -2.01. The van der Waals surface area contributed by atoms with Gasteiger partial charge in [0.15, 0.2) is 0 Å². The van der Waals surface area contributed by atoms with Gasteiger partial charge in [-0.15, -0.1) is 0 Å². The minimum atomic E-state index is -0.464. The summed E-state index contributed by atoms with van der Waals surface area (Å²) in [6.07, 6.45) is 1.31. The van der Waals surface area contributed by atoms with Crippen LogP contribution in [0, 0.1) is 0 Å². The summed E-state index contributed by atoms with van der Waals surface area (Å²) < 4.78 is 14.4. The van der Waals surface area contributed by atoms with Crippen LogP contribution in [0.2, 0.25) is 0 Å². The molecule has 0 saturated heterocycles. The lowest BCUT2D eigenvalue weighted by atomic mass is 10.5. The molecule has 0 amide bonds. The number of methoxy groups -OCH3 is 1. The molecule has 1 rings (SSSR count). The molecule has 0 unspecified atom stereocenters. The molecule has 0 aromatic carbocycles. The van der Waals surface area contributed by atoms with Crippen LogP contribution in [0.3, 0.4) is 0 Å². The van der Waals surface area contributed by atoms with Gasteiger partial charge in [0.2, 0.25) is 5.75 Å². The average Bonchev–Trinajstić information content (AvgIpc) is 2.09. The van der Waals surface area contributed by atoms with Gasteiger partial charge in [0.05, 0.1) is 12.9 Å². The molecule has 0 spiro atoms. The van der Waals surface area contributed by atoms with Crippen LogP contribution in [0.4, 0.5) is 0 Å². The number of hydrogen-bond acceptors (Lipinski definition) is 4. The minimum Gasteiger partial charge on any atom is -0.484 e. The summed E-state index contributed by atoms with van der Waals surface area (Å²) >= 11 is 0. The van der Waals surface area contributed by atoms with E-state index in [1.807, 2.05) is 0 Å². The van der Waals surface area contributed by atoms with Gasteiger partial charge in [-0.25, -0.2) is 4.79 Å². The van der Waals surface area contributed by atoms with Crippen LogP contribution in [-0.4, -0.2) is 20.3 Å². The molecular weight excluding hydrogens is 160 g/mol. The van der Waals surface area contributed by atoms with Gasteiger partial charge in [-0.1, -0.05) is 0 Å². The fourth-order valence-electron chi connectivity index (χ4n) is 0.696. The van der Waals surface area contributed by atoms with E-state index in [1.54, 1.807) is 19.2 Å². The topological polar surface area (TPSA) is 48.7 Å². The standard InChI is InChI=1S/C8H10O4/c1-10-5-6-11-7-3-2-4-12-8(7)9/h2-4H,5-6H2,1H3. The lowest BCUT2D eigenvalue weighted by Crippen LogP contribution is -2.10. The Labute approximate surface area is 69.7 Å². The number of ether oxygens (including phenoxy) is 2. The summed E-state index contributed by atoms with van der Waals surface area (Å²) in [7, 11) is 1.57. The Morgan fingerprint density at radius 2 is 2.33 bits per heavy atom. The van der Waals surface area contributed by atoms with Crippen LogP contribution in [-0.2, 0) is 4.74 Å². The SMILES string of the molecule is COCCOc1cccoc1=O. The zero-order valence-corrected chi connectivity index (χ0v) is 6.78. The van der Waals surface area contributed by atoms with Crippen LogP contribution in [0.5, 0.6) is 5.75 Å². The van der Waals surface area contributed by atoms with E-state index in [-0.39, 0.29) is 5.75 Å². The van der Waals surface area contributed by atoms with Crippen molar-refractivity contribution in [2.75, 3.05) is 20.3 Å². The van der Waals surface area contributed by atoms with E-state index in [1.165, 1.54) is 6.26 Å². The molecule has 12 heavy (non-hydrogen) atoms. The lowest BCUT2D eigenvalue weighted by molar-refractivity contribution is 0.143. The summed E-state index contributed by atoms with van der Waals surface area (Å²) in [4.78, 5) is 10.9. The molecule has 1 heterocycles. The van der Waals surface area contributed by atoms with Crippen molar-refractivity contribution in [2.24, 2.45) is 0 Å². The second-order valence-corrected chi connectivity index (χ2v) is 2.11. The van der Waals surface area contributed by atoms with Crippen molar-refractivity contribution < 1.29 is 13.9 Å². The third-order valence-electron chi connectivity index (χ3n) is 1.25. The first-order valence-electron chi connectivity index (χ1n) is 3.54. The average molecular weight is 170 g/mol. The molecule has 0 aliphatic heterocycles. The third-order valence-corrected chi connectivity index (χ3v) is 1.25. The molecule has 4 heteroatoms. The van der Waals surface area contributed by atoms with Gasteiger partial charge >= 0.3 is 5.63 Å². The Morgan fingerprint density at radius 3 is 3.00 bits per heavy atom. The molecule has 0 aliphatic rings. The fourth-order valence-corrected chi connectivity index (χ4v) is 0.696. The van der Waals surface area contributed by atoms with Gasteiger partial charge in [-0.2, -0.15) is 0 Å². The first kappa shape index (κ1) is 8.80. The van der Waals surface area contributed by atoms with E-state index >= 15 is 0 Å². The van der Waals surface area contributed by atoms with Crippen molar-refractivity contribution >= 4 is 0 Å². The molecule has 0 aliphatic carbocycles. The van der Waals surface area contributed by atoms with Crippen molar-refractivity contribution in [3.63, 3.8) is 0 Å². The molecule has 0 atom stereocenters. The highest BCUT2D eigenvalue weighted by Gasteiger charge is 1.98. The highest BCUT2D eigenvalue weighted by Crippen LogP contribution is 2.00. The summed E-state index contributed by atoms with van der Waals surface area (Å²) in [6, 6.07) is 3.16. The molecule has 0 N–H and O–H groups in total. The largest absolute Gasteiger partial charge is 0.484 e. The van der Waals surface area contributed by atoms with Gasteiger partial charge in [-0.05, 0) is 12.1 Å². The normalized spacial score (nSPS) is 9.75. The van der Waals surface area contributed by atoms with E-state index in [2.05, 4.69) is 4.42 Å². The van der Waals surface area contributed by atoms with E-state index in [0.717, 1.165) is 0 Å². The Bertz CT molecular complexity index is 278. The van der Waals surface area contributed by atoms with Crippen LogP contribution >= 0.6 is 0 Å². The Kier molecular flexibility index (Phi) is 3.35. The summed E-state index contributed by atoms with van der Waals surface area (Å²) in [6.45, 7) is 0.805. The van der Waals surface area contributed by atoms with E-state index in [0.29, 0.717) is 13.2 Å². The van der Waals surface area contributed by atoms with Crippen LogP contribution < -0.4 is 10.4 Å². The molecule has 0 bridgehead atoms. The molecule has 4 nitrogen and oxygen atoms in total. The predicted molar refractivity (Wildman–Crippen MR) is 42.3 cm³/mol. The van der Waals surface area contributed by atoms with Crippen LogP contribution in [0.1, 0.15) is 0 Å². The first-order valence-corrected chi connectivity index (χ1v) is 3.54. The van der Waals surface area contributed by atoms with Gasteiger partial charge < -0.3 is 13.9 Å². The van der Waals surface area contributed by atoms with Gasteiger partial charge in [0.25, 0.3) is 0 Å². The second kappa shape index (κ2) is 4.56. The van der Waals surface area contributed by atoms with Gasteiger partial charge in [-0.3, -0.25) is 0 Å². The molecular formula is C8H10O4. The molecule has 0 fully saturated rings. The Hall–Kier alpha value is -1.29. The maximum absolute atomic E-state index is 10.9. The number of rotatable bonds is 4. The molecule has 66 valence electrons. The molecule has 0 saturated carbocycles. The van der Waals surface area contributed by atoms with Crippen LogP contribution in [0.25, 0.3) is 0 Å².